The molecule has 2 rings (SSSR count). The third-order valence-corrected chi connectivity index (χ3v) is 4.20. The summed E-state index contributed by atoms with van der Waals surface area (Å²) in [5, 5.41) is 7.68. The van der Waals surface area contributed by atoms with Crippen LogP contribution in [0.2, 0.25) is 0 Å². The molecule has 8 heteroatoms. The fourth-order valence-electron chi connectivity index (χ4n) is 2.01. The van der Waals surface area contributed by atoms with Crippen LogP contribution in [0.5, 0.6) is 11.5 Å². The maximum Gasteiger partial charge on any atom is 0.265 e. The number of carbonyl (C=O) groups is 1. The van der Waals surface area contributed by atoms with Crippen LogP contribution in [-0.2, 0) is 14.8 Å². The summed E-state index contributed by atoms with van der Waals surface area (Å²) in [6.45, 7) is 4.08. The number of ether oxygens (including phenoxy) is 2. The van der Waals surface area contributed by atoms with Crippen molar-refractivity contribution in [3.05, 3.63) is 48.5 Å². The Kier molecular flexibility index (Phi) is 6.00. The number of rotatable bonds is 7. The van der Waals surface area contributed by atoms with E-state index in [-0.39, 0.29) is 10.8 Å². The lowest BCUT2D eigenvalue weighted by Gasteiger charge is -2.15. The number of amides is 1. The van der Waals surface area contributed by atoms with Crippen molar-refractivity contribution in [3.63, 3.8) is 0 Å². The number of primary sulfonamides is 1. The van der Waals surface area contributed by atoms with Crippen LogP contribution in [0.4, 0.5) is 5.69 Å². The van der Waals surface area contributed by atoms with Crippen LogP contribution in [-0.4, -0.2) is 27.0 Å². The average Bonchev–Trinajstić information content (AvgIpc) is 2.56. The maximum absolute atomic E-state index is 12.2. The van der Waals surface area contributed by atoms with Gasteiger partial charge in [0.25, 0.3) is 5.91 Å². The first kappa shape index (κ1) is 18.8. The highest BCUT2D eigenvalue weighted by Gasteiger charge is 2.15. The summed E-state index contributed by atoms with van der Waals surface area (Å²) < 4.78 is 33.3. The van der Waals surface area contributed by atoms with Gasteiger partial charge in [-0.3, -0.25) is 4.79 Å². The molecule has 0 fully saturated rings. The molecule has 1 unspecified atom stereocenters. The Morgan fingerprint density at radius 1 is 1.08 bits per heavy atom. The minimum atomic E-state index is -3.76. The normalized spacial score (nSPS) is 12.3. The predicted octanol–water partition coefficient (Wildman–Crippen LogP) is 2.14. The average molecular weight is 364 g/mol. The second-order valence-electron chi connectivity index (χ2n) is 5.22. The Labute approximate surface area is 146 Å². The summed E-state index contributed by atoms with van der Waals surface area (Å²) in [4.78, 5) is 12.1. The Bertz CT molecular complexity index is 817. The summed E-state index contributed by atoms with van der Waals surface area (Å²) in [6, 6.07) is 12.5. The standard InChI is InChI=1S/C17H20N2O5S/c1-3-23-14-6-8-15(9-7-14)24-12(2)17(20)19-13-4-10-16(11-5-13)25(18,21)22/h4-12H,3H2,1-2H3,(H,19,20)(H2,18,21,22). The minimum Gasteiger partial charge on any atom is -0.494 e. The van der Waals surface area contributed by atoms with E-state index < -0.39 is 16.1 Å². The zero-order chi connectivity index (χ0) is 18.4. The highest BCUT2D eigenvalue weighted by atomic mass is 32.2. The van der Waals surface area contributed by atoms with E-state index in [4.69, 9.17) is 14.6 Å². The predicted molar refractivity (Wildman–Crippen MR) is 94.1 cm³/mol. The van der Waals surface area contributed by atoms with E-state index in [0.29, 0.717) is 18.0 Å². The highest BCUT2D eigenvalue weighted by Crippen LogP contribution is 2.19. The molecule has 1 amide bonds. The molecule has 0 spiro atoms. The molecular formula is C17H20N2O5S. The van der Waals surface area contributed by atoms with Crippen LogP contribution in [0.25, 0.3) is 0 Å². The first-order valence-electron chi connectivity index (χ1n) is 7.63. The van der Waals surface area contributed by atoms with Crippen LogP contribution in [0.1, 0.15) is 13.8 Å². The summed E-state index contributed by atoms with van der Waals surface area (Å²) >= 11 is 0. The Morgan fingerprint density at radius 3 is 2.16 bits per heavy atom. The lowest BCUT2D eigenvalue weighted by molar-refractivity contribution is -0.122. The molecule has 7 nitrogen and oxygen atoms in total. The van der Waals surface area contributed by atoms with Gasteiger partial charge in [-0.05, 0) is 62.4 Å². The lowest BCUT2D eigenvalue weighted by Crippen LogP contribution is -2.30. The Hall–Kier alpha value is -2.58. The molecule has 134 valence electrons. The zero-order valence-electron chi connectivity index (χ0n) is 13.9. The van der Waals surface area contributed by atoms with E-state index in [0.717, 1.165) is 5.75 Å². The monoisotopic (exact) mass is 364 g/mol. The fraction of sp³-hybridized carbons (Fsp3) is 0.235. The lowest BCUT2D eigenvalue weighted by atomic mass is 10.3. The highest BCUT2D eigenvalue weighted by molar-refractivity contribution is 7.89. The summed E-state index contributed by atoms with van der Waals surface area (Å²) in [7, 11) is -3.76. The third kappa shape index (κ3) is 5.47. The molecule has 1 atom stereocenters. The third-order valence-electron chi connectivity index (χ3n) is 3.27. The molecule has 0 aliphatic heterocycles. The van der Waals surface area contributed by atoms with E-state index in [9.17, 15) is 13.2 Å². The maximum atomic E-state index is 12.2. The molecule has 25 heavy (non-hydrogen) atoms. The van der Waals surface area contributed by atoms with Crippen LogP contribution < -0.4 is 19.9 Å². The first-order chi connectivity index (χ1) is 11.8. The first-order valence-corrected chi connectivity index (χ1v) is 9.17. The quantitative estimate of drug-likeness (QED) is 0.782. The molecule has 0 saturated carbocycles. The molecule has 0 aliphatic rings. The number of nitrogens with two attached hydrogens (primary N) is 1. The SMILES string of the molecule is CCOc1ccc(OC(C)C(=O)Nc2ccc(S(N)(=O)=O)cc2)cc1. The van der Waals surface area contributed by atoms with Crippen molar-refractivity contribution in [2.75, 3.05) is 11.9 Å². The van der Waals surface area contributed by atoms with Crippen molar-refractivity contribution in [1.82, 2.24) is 0 Å². The van der Waals surface area contributed by atoms with Crippen molar-refractivity contribution in [2.45, 2.75) is 24.8 Å². The molecule has 0 heterocycles. The van der Waals surface area contributed by atoms with Gasteiger partial charge in [0, 0.05) is 5.69 Å². The van der Waals surface area contributed by atoms with E-state index in [1.807, 2.05) is 6.92 Å². The number of anilines is 1. The van der Waals surface area contributed by atoms with Crippen molar-refractivity contribution in [1.29, 1.82) is 0 Å². The minimum absolute atomic E-state index is 0.0239. The number of hydrogen-bond donors (Lipinski definition) is 2. The van der Waals surface area contributed by atoms with Gasteiger partial charge in [-0.25, -0.2) is 13.6 Å². The van der Waals surface area contributed by atoms with E-state index in [1.165, 1.54) is 24.3 Å². The van der Waals surface area contributed by atoms with Gasteiger partial charge in [-0.1, -0.05) is 0 Å². The van der Waals surface area contributed by atoms with Gasteiger partial charge >= 0.3 is 0 Å². The topological polar surface area (TPSA) is 108 Å². The van der Waals surface area contributed by atoms with Crippen molar-refractivity contribution in [3.8, 4) is 11.5 Å². The molecular weight excluding hydrogens is 344 g/mol. The van der Waals surface area contributed by atoms with Crippen molar-refractivity contribution in [2.24, 2.45) is 5.14 Å². The van der Waals surface area contributed by atoms with Crippen LogP contribution in [0, 0.1) is 0 Å². The van der Waals surface area contributed by atoms with E-state index >= 15 is 0 Å². The zero-order valence-corrected chi connectivity index (χ0v) is 14.7. The Morgan fingerprint density at radius 2 is 1.64 bits per heavy atom. The number of hydrogen-bond acceptors (Lipinski definition) is 5. The van der Waals surface area contributed by atoms with Gasteiger partial charge in [-0.2, -0.15) is 0 Å². The molecule has 2 aromatic carbocycles. The number of nitrogens with one attached hydrogen (secondary N) is 1. The van der Waals surface area contributed by atoms with Crippen molar-refractivity contribution < 1.29 is 22.7 Å². The van der Waals surface area contributed by atoms with Gasteiger partial charge in [-0.15, -0.1) is 0 Å². The van der Waals surface area contributed by atoms with E-state index in [1.54, 1.807) is 31.2 Å². The van der Waals surface area contributed by atoms with Crippen LogP contribution >= 0.6 is 0 Å². The summed E-state index contributed by atoms with van der Waals surface area (Å²) in [5.74, 6) is 0.898. The van der Waals surface area contributed by atoms with Gasteiger partial charge in [0.05, 0.1) is 11.5 Å². The second-order valence-corrected chi connectivity index (χ2v) is 6.78. The molecule has 0 aliphatic carbocycles. The number of carbonyl (C=O) groups excluding carboxylic acids is 1. The molecule has 0 aromatic heterocycles. The Balaban J connectivity index is 1.95. The summed E-state index contributed by atoms with van der Waals surface area (Å²) in [5.41, 5.74) is 0.444. The smallest absolute Gasteiger partial charge is 0.265 e. The van der Waals surface area contributed by atoms with Gasteiger partial charge in [0.1, 0.15) is 11.5 Å². The van der Waals surface area contributed by atoms with Gasteiger partial charge in [0.2, 0.25) is 10.0 Å². The van der Waals surface area contributed by atoms with Gasteiger partial charge in [0.15, 0.2) is 6.10 Å². The second kappa shape index (κ2) is 8.00. The fourth-order valence-corrected chi connectivity index (χ4v) is 2.53. The van der Waals surface area contributed by atoms with Gasteiger partial charge < -0.3 is 14.8 Å². The largest absolute Gasteiger partial charge is 0.494 e. The summed E-state index contributed by atoms with van der Waals surface area (Å²) in [6.07, 6.45) is -0.740. The number of sulfonamides is 1. The van der Waals surface area contributed by atoms with Crippen LogP contribution in [0.15, 0.2) is 53.4 Å². The molecule has 0 saturated heterocycles. The molecule has 2 aromatic rings. The van der Waals surface area contributed by atoms with E-state index in [2.05, 4.69) is 5.32 Å². The molecule has 3 N–H and O–H groups in total. The molecule has 0 radical (unpaired) electrons. The van der Waals surface area contributed by atoms with Crippen molar-refractivity contribution >= 4 is 21.6 Å². The van der Waals surface area contributed by atoms with Crippen LogP contribution in [0.3, 0.4) is 0 Å². The molecule has 0 bridgehead atoms. The number of benzene rings is 2.